The Labute approximate surface area is 98.6 Å². The molecule has 0 saturated carbocycles. The molecule has 2 N–H and O–H groups in total. The largest absolute Gasteiger partial charge is 0.370 e. The van der Waals surface area contributed by atoms with E-state index in [1.54, 1.807) is 25.2 Å². The number of carbonyl (C=O) groups is 1. The van der Waals surface area contributed by atoms with Crippen LogP contribution < -0.4 is 10.7 Å². The van der Waals surface area contributed by atoms with Crippen molar-refractivity contribution in [3.05, 3.63) is 48.5 Å². The van der Waals surface area contributed by atoms with Crippen LogP contribution in [0.1, 0.15) is 15.9 Å². The Hall–Kier alpha value is -2.37. The molecule has 17 heavy (non-hydrogen) atoms. The van der Waals surface area contributed by atoms with Crippen molar-refractivity contribution in [3.8, 4) is 0 Å². The summed E-state index contributed by atoms with van der Waals surface area (Å²) in [5.74, 6) is 0.296. The summed E-state index contributed by atoms with van der Waals surface area (Å²) in [6, 6.07) is 6.99. The first-order chi connectivity index (χ1) is 8.19. The average molecular weight is 230 g/mol. The van der Waals surface area contributed by atoms with Crippen molar-refractivity contribution in [2.24, 2.45) is 0 Å². The van der Waals surface area contributed by atoms with Gasteiger partial charge in [-0.15, -0.1) is 10.2 Å². The van der Waals surface area contributed by atoms with E-state index in [-0.39, 0.29) is 5.91 Å². The number of anilines is 1. The lowest BCUT2D eigenvalue weighted by molar-refractivity contribution is 0.100. The van der Waals surface area contributed by atoms with Crippen LogP contribution >= 0.6 is 0 Å². The topological polar surface area (TPSA) is 71.8 Å². The molecule has 0 aliphatic carbocycles. The summed E-state index contributed by atoms with van der Waals surface area (Å²) in [5.41, 5.74) is 3.82. The Bertz CT molecular complexity index is 534. The van der Waals surface area contributed by atoms with Gasteiger partial charge in [0.1, 0.15) is 0 Å². The van der Waals surface area contributed by atoms with Gasteiger partial charge in [-0.3, -0.25) is 4.79 Å². The van der Waals surface area contributed by atoms with Gasteiger partial charge in [0.2, 0.25) is 0 Å². The minimum Gasteiger partial charge on any atom is -0.370 e. The Morgan fingerprint density at radius 3 is 2.94 bits per heavy atom. The maximum Gasteiger partial charge on any atom is 0.272 e. The lowest BCUT2D eigenvalue weighted by Gasteiger charge is -2.03. The molecule has 0 spiro atoms. The number of rotatable bonds is 3. The standard InChI is InChI=1S/C11H12N5O/c1-8-4-3-5-9(6-8)11(17)15-16-13-7-10(12-2)14-16/h3-7H,1H2,2H3,(H,12,14)(H,15,17). The fourth-order valence-corrected chi connectivity index (χ4v) is 1.30. The fourth-order valence-electron chi connectivity index (χ4n) is 1.30. The van der Waals surface area contributed by atoms with Crippen molar-refractivity contribution < 1.29 is 4.79 Å². The number of nitrogens with one attached hydrogen (secondary N) is 2. The van der Waals surface area contributed by atoms with Gasteiger partial charge in [0.15, 0.2) is 5.82 Å². The number of hydrogen-bond acceptors (Lipinski definition) is 4. The molecule has 0 atom stereocenters. The quantitative estimate of drug-likeness (QED) is 0.821. The molecule has 87 valence electrons. The first kappa shape index (κ1) is 11.1. The molecule has 1 radical (unpaired) electrons. The van der Waals surface area contributed by atoms with Gasteiger partial charge in [-0.1, -0.05) is 17.0 Å². The zero-order chi connectivity index (χ0) is 12.3. The van der Waals surface area contributed by atoms with Crippen LogP contribution in [0.3, 0.4) is 0 Å². The van der Waals surface area contributed by atoms with Crippen LogP contribution in [0, 0.1) is 6.92 Å². The zero-order valence-corrected chi connectivity index (χ0v) is 9.34. The van der Waals surface area contributed by atoms with Crippen molar-refractivity contribution in [1.29, 1.82) is 0 Å². The Balaban J connectivity index is 2.11. The summed E-state index contributed by atoms with van der Waals surface area (Å²) in [6.45, 7) is 3.76. The number of hydrogen-bond donors (Lipinski definition) is 2. The summed E-state index contributed by atoms with van der Waals surface area (Å²) < 4.78 is 0. The molecule has 0 aliphatic rings. The van der Waals surface area contributed by atoms with E-state index >= 15 is 0 Å². The lowest BCUT2D eigenvalue weighted by Crippen LogP contribution is -2.25. The van der Waals surface area contributed by atoms with E-state index in [1.165, 1.54) is 6.20 Å². The van der Waals surface area contributed by atoms with Gasteiger partial charge in [-0.05, 0) is 24.6 Å². The summed E-state index contributed by atoms with van der Waals surface area (Å²) in [7, 11) is 1.72. The molecule has 1 aromatic heterocycles. The van der Waals surface area contributed by atoms with Gasteiger partial charge >= 0.3 is 0 Å². The maximum atomic E-state index is 11.8. The highest BCUT2D eigenvalue weighted by molar-refractivity contribution is 5.99. The van der Waals surface area contributed by atoms with Gasteiger partial charge in [-0.25, -0.2) is 5.43 Å². The Kier molecular flexibility index (Phi) is 3.04. The molecule has 6 heteroatoms. The second-order valence-electron chi connectivity index (χ2n) is 3.41. The molecule has 1 heterocycles. The third-order valence-electron chi connectivity index (χ3n) is 2.14. The Morgan fingerprint density at radius 2 is 2.29 bits per heavy atom. The van der Waals surface area contributed by atoms with Crippen LogP contribution in [0.4, 0.5) is 5.82 Å². The second kappa shape index (κ2) is 4.65. The number of benzene rings is 1. The van der Waals surface area contributed by atoms with Crippen LogP contribution in [0.15, 0.2) is 30.5 Å². The highest BCUT2D eigenvalue weighted by Crippen LogP contribution is 2.04. The number of amides is 1. The van der Waals surface area contributed by atoms with E-state index < -0.39 is 0 Å². The van der Waals surface area contributed by atoms with E-state index in [1.807, 2.05) is 6.07 Å². The molecule has 1 aromatic carbocycles. The van der Waals surface area contributed by atoms with E-state index in [9.17, 15) is 4.79 Å². The number of aromatic nitrogens is 3. The second-order valence-corrected chi connectivity index (χ2v) is 3.41. The predicted octanol–water partition coefficient (Wildman–Crippen LogP) is 0.886. The molecule has 6 nitrogen and oxygen atoms in total. The first-order valence-electron chi connectivity index (χ1n) is 5.02. The zero-order valence-electron chi connectivity index (χ0n) is 9.34. The molecule has 1 amide bonds. The van der Waals surface area contributed by atoms with Crippen molar-refractivity contribution in [2.45, 2.75) is 0 Å². The molecule has 0 unspecified atom stereocenters. The van der Waals surface area contributed by atoms with Gasteiger partial charge in [-0.2, -0.15) is 0 Å². The van der Waals surface area contributed by atoms with Crippen molar-refractivity contribution >= 4 is 11.7 Å². The molecule has 0 saturated heterocycles. The molecular formula is C11H12N5O. The molecule has 0 bridgehead atoms. The van der Waals surface area contributed by atoms with Crippen molar-refractivity contribution in [1.82, 2.24) is 15.1 Å². The SMILES string of the molecule is [CH2]c1cccc(C(=O)Nn2ncc(NC)n2)c1. The summed E-state index contributed by atoms with van der Waals surface area (Å²) in [5, 5.41) is 10.6. The molecular weight excluding hydrogens is 218 g/mol. The van der Waals surface area contributed by atoms with Gasteiger partial charge in [0, 0.05) is 12.6 Å². The van der Waals surface area contributed by atoms with E-state index in [4.69, 9.17) is 0 Å². The fraction of sp³-hybridized carbons (Fsp3) is 0.0909. The monoisotopic (exact) mass is 230 g/mol. The molecule has 2 rings (SSSR count). The van der Waals surface area contributed by atoms with Crippen LogP contribution in [0.5, 0.6) is 0 Å². The summed E-state index contributed by atoms with van der Waals surface area (Å²) in [6.07, 6.45) is 1.51. The van der Waals surface area contributed by atoms with E-state index in [0.717, 1.165) is 10.5 Å². The number of carbonyl (C=O) groups excluding carboxylic acids is 1. The van der Waals surface area contributed by atoms with Crippen LogP contribution in [0.25, 0.3) is 0 Å². The van der Waals surface area contributed by atoms with E-state index in [0.29, 0.717) is 11.4 Å². The minimum atomic E-state index is -0.284. The molecule has 0 fully saturated rings. The molecule has 0 aliphatic heterocycles. The summed E-state index contributed by atoms with van der Waals surface area (Å²) in [4.78, 5) is 12.9. The first-order valence-corrected chi connectivity index (χ1v) is 5.02. The van der Waals surface area contributed by atoms with Gasteiger partial charge < -0.3 is 5.32 Å². The third-order valence-corrected chi connectivity index (χ3v) is 2.14. The van der Waals surface area contributed by atoms with Gasteiger partial charge in [0.25, 0.3) is 5.91 Å². The van der Waals surface area contributed by atoms with Crippen LogP contribution in [-0.4, -0.2) is 28.1 Å². The highest BCUT2D eigenvalue weighted by atomic mass is 16.2. The molecule has 2 aromatic rings. The lowest BCUT2D eigenvalue weighted by atomic mass is 10.1. The van der Waals surface area contributed by atoms with Crippen molar-refractivity contribution in [2.75, 3.05) is 17.8 Å². The normalized spacial score (nSPS) is 10.0. The van der Waals surface area contributed by atoms with Crippen LogP contribution in [-0.2, 0) is 0 Å². The smallest absolute Gasteiger partial charge is 0.272 e. The predicted molar refractivity (Wildman–Crippen MR) is 64.2 cm³/mol. The number of nitrogens with zero attached hydrogens (tertiary/aromatic N) is 3. The van der Waals surface area contributed by atoms with Crippen molar-refractivity contribution in [3.63, 3.8) is 0 Å². The maximum absolute atomic E-state index is 11.8. The van der Waals surface area contributed by atoms with Gasteiger partial charge in [0.05, 0.1) is 6.20 Å². The average Bonchev–Trinajstić information content (AvgIpc) is 2.77. The highest BCUT2D eigenvalue weighted by Gasteiger charge is 2.07. The summed E-state index contributed by atoms with van der Waals surface area (Å²) >= 11 is 0. The third kappa shape index (κ3) is 2.60. The van der Waals surface area contributed by atoms with E-state index in [2.05, 4.69) is 27.9 Å². The van der Waals surface area contributed by atoms with Crippen LogP contribution in [0.2, 0.25) is 0 Å². The Morgan fingerprint density at radius 1 is 1.47 bits per heavy atom. The minimum absolute atomic E-state index is 0.284.